The van der Waals surface area contributed by atoms with Crippen LogP contribution in [0.1, 0.15) is 46.0 Å². The largest absolute Gasteiger partial charge is 0.390 e. The molecule has 1 N–H and O–H groups in total. The fourth-order valence-corrected chi connectivity index (χ4v) is 1.04. The van der Waals surface area contributed by atoms with Gasteiger partial charge in [0.15, 0.2) is 0 Å². The molecule has 2 heteroatoms. The minimum absolute atomic E-state index is 0.517. The van der Waals surface area contributed by atoms with E-state index in [1.165, 1.54) is 0 Å². The predicted molar refractivity (Wildman–Crippen MR) is 45.3 cm³/mol. The third-order valence-corrected chi connectivity index (χ3v) is 1.92. The van der Waals surface area contributed by atoms with E-state index in [1.54, 1.807) is 6.92 Å². The summed E-state index contributed by atoms with van der Waals surface area (Å²) < 4.78 is 12.9. The van der Waals surface area contributed by atoms with E-state index in [2.05, 4.69) is 6.92 Å². The average molecular weight is 162 g/mol. The van der Waals surface area contributed by atoms with Crippen LogP contribution in [-0.4, -0.2) is 17.4 Å². The highest BCUT2D eigenvalue weighted by Crippen LogP contribution is 2.11. The second kappa shape index (κ2) is 6.59. The molecule has 0 bridgehead atoms. The van der Waals surface area contributed by atoms with E-state index in [0.717, 1.165) is 19.3 Å². The fourth-order valence-electron chi connectivity index (χ4n) is 1.04. The molecule has 0 amide bonds. The molecule has 0 spiro atoms. The van der Waals surface area contributed by atoms with Crippen molar-refractivity contribution in [3.63, 3.8) is 0 Å². The highest BCUT2D eigenvalue weighted by atomic mass is 19.1. The van der Waals surface area contributed by atoms with Crippen molar-refractivity contribution in [1.82, 2.24) is 0 Å². The Labute approximate surface area is 68.6 Å². The lowest BCUT2D eigenvalue weighted by Crippen LogP contribution is -2.20. The van der Waals surface area contributed by atoms with Crippen LogP contribution < -0.4 is 0 Å². The first kappa shape index (κ1) is 10.9. The van der Waals surface area contributed by atoms with Gasteiger partial charge >= 0.3 is 0 Å². The molecule has 2 atom stereocenters. The van der Waals surface area contributed by atoms with Crippen molar-refractivity contribution in [3.05, 3.63) is 0 Å². The SMILES string of the molecule is CCCCCC(F)C(O)CC. The zero-order valence-electron chi connectivity index (χ0n) is 7.52. The lowest BCUT2D eigenvalue weighted by molar-refractivity contribution is 0.0682. The van der Waals surface area contributed by atoms with Crippen molar-refractivity contribution in [2.24, 2.45) is 0 Å². The van der Waals surface area contributed by atoms with E-state index in [1.807, 2.05) is 0 Å². The summed E-state index contributed by atoms with van der Waals surface area (Å²) in [6.07, 6.45) is 2.36. The van der Waals surface area contributed by atoms with Gasteiger partial charge in [0.1, 0.15) is 6.17 Å². The van der Waals surface area contributed by atoms with Crippen molar-refractivity contribution in [3.8, 4) is 0 Å². The third kappa shape index (κ3) is 5.19. The molecular formula is C9H19FO. The average Bonchev–Trinajstić information content (AvgIpc) is 2.03. The molecule has 11 heavy (non-hydrogen) atoms. The number of unbranched alkanes of at least 4 members (excludes halogenated alkanes) is 2. The third-order valence-electron chi connectivity index (χ3n) is 1.92. The summed E-state index contributed by atoms with van der Waals surface area (Å²) in [4.78, 5) is 0. The molecule has 0 aromatic carbocycles. The lowest BCUT2D eigenvalue weighted by atomic mass is 10.1. The highest BCUT2D eigenvalue weighted by molar-refractivity contribution is 4.65. The fraction of sp³-hybridized carbons (Fsp3) is 1.00. The summed E-state index contributed by atoms with van der Waals surface area (Å²) in [5.74, 6) is 0. The second-order valence-corrected chi connectivity index (χ2v) is 2.99. The van der Waals surface area contributed by atoms with Gasteiger partial charge in [0.05, 0.1) is 6.10 Å². The van der Waals surface area contributed by atoms with Crippen molar-refractivity contribution in [1.29, 1.82) is 0 Å². The maximum Gasteiger partial charge on any atom is 0.126 e. The van der Waals surface area contributed by atoms with E-state index in [0.29, 0.717) is 12.8 Å². The molecule has 1 nitrogen and oxygen atoms in total. The Morgan fingerprint density at radius 1 is 1.27 bits per heavy atom. The number of halogens is 1. The monoisotopic (exact) mass is 162 g/mol. The molecule has 68 valence electrons. The Balaban J connectivity index is 3.28. The number of rotatable bonds is 6. The zero-order valence-corrected chi connectivity index (χ0v) is 7.52. The minimum Gasteiger partial charge on any atom is -0.390 e. The molecule has 0 aromatic rings. The standard InChI is InChI=1S/C9H19FO/c1-3-5-6-7-8(10)9(11)4-2/h8-9,11H,3-7H2,1-2H3. The van der Waals surface area contributed by atoms with E-state index >= 15 is 0 Å². The zero-order chi connectivity index (χ0) is 8.69. The summed E-state index contributed by atoms with van der Waals surface area (Å²) in [5.41, 5.74) is 0. The summed E-state index contributed by atoms with van der Waals surface area (Å²) >= 11 is 0. The molecule has 0 saturated heterocycles. The predicted octanol–water partition coefficient (Wildman–Crippen LogP) is 2.68. The van der Waals surface area contributed by atoms with Gasteiger partial charge in [0.2, 0.25) is 0 Å². The van der Waals surface area contributed by atoms with Crippen molar-refractivity contribution >= 4 is 0 Å². The first-order valence-corrected chi connectivity index (χ1v) is 4.54. The van der Waals surface area contributed by atoms with Crippen LogP contribution in [0.25, 0.3) is 0 Å². The summed E-state index contributed by atoms with van der Waals surface area (Å²) in [7, 11) is 0. The molecule has 0 aromatic heterocycles. The normalized spacial score (nSPS) is 16.4. The van der Waals surface area contributed by atoms with Crippen LogP contribution >= 0.6 is 0 Å². The van der Waals surface area contributed by atoms with Crippen LogP contribution in [0.15, 0.2) is 0 Å². The number of aliphatic hydroxyl groups is 1. The first-order valence-electron chi connectivity index (χ1n) is 4.54. The van der Waals surface area contributed by atoms with Gasteiger partial charge in [-0.15, -0.1) is 0 Å². The van der Waals surface area contributed by atoms with Crippen molar-refractivity contribution < 1.29 is 9.50 Å². The van der Waals surface area contributed by atoms with Crippen LogP contribution in [0.3, 0.4) is 0 Å². The highest BCUT2D eigenvalue weighted by Gasteiger charge is 2.14. The molecule has 0 saturated carbocycles. The van der Waals surface area contributed by atoms with Crippen LogP contribution in [0, 0.1) is 0 Å². The Morgan fingerprint density at radius 2 is 1.91 bits per heavy atom. The maximum absolute atomic E-state index is 12.9. The minimum atomic E-state index is -1.01. The molecule has 0 heterocycles. The Hall–Kier alpha value is -0.110. The van der Waals surface area contributed by atoms with E-state index in [9.17, 15) is 4.39 Å². The van der Waals surface area contributed by atoms with Gasteiger partial charge in [-0.25, -0.2) is 4.39 Å². The van der Waals surface area contributed by atoms with Gasteiger partial charge < -0.3 is 5.11 Å². The number of aliphatic hydroxyl groups excluding tert-OH is 1. The van der Waals surface area contributed by atoms with Crippen LogP contribution in [0.4, 0.5) is 4.39 Å². The van der Waals surface area contributed by atoms with E-state index < -0.39 is 12.3 Å². The quantitative estimate of drug-likeness (QED) is 0.595. The summed E-state index contributed by atoms with van der Waals surface area (Å²) in [6, 6.07) is 0. The molecule has 0 aliphatic rings. The Morgan fingerprint density at radius 3 is 2.36 bits per heavy atom. The van der Waals surface area contributed by atoms with Crippen LogP contribution in [0.5, 0.6) is 0 Å². The molecule has 0 fully saturated rings. The molecule has 0 radical (unpaired) electrons. The molecule has 0 aliphatic carbocycles. The number of hydrogen-bond acceptors (Lipinski definition) is 1. The molecule has 0 rings (SSSR count). The topological polar surface area (TPSA) is 20.2 Å². The second-order valence-electron chi connectivity index (χ2n) is 2.99. The van der Waals surface area contributed by atoms with Gasteiger partial charge in [-0.2, -0.15) is 0 Å². The smallest absolute Gasteiger partial charge is 0.126 e. The maximum atomic E-state index is 12.9. The van der Waals surface area contributed by atoms with Crippen LogP contribution in [0.2, 0.25) is 0 Å². The van der Waals surface area contributed by atoms with E-state index in [4.69, 9.17) is 5.11 Å². The number of alkyl halides is 1. The molecule has 2 unspecified atom stereocenters. The van der Waals surface area contributed by atoms with E-state index in [-0.39, 0.29) is 0 Å². The first-order chi connectivity index (χ1) is 5.22. The Kier molecular flexibility index (Phi) is 6.52. The molecular weight excluding hydrogens is 143 g/mol. The molecule has 0 aliphatic heterocycles. The van der Waals surface area contributed by atoms with Gasteiger partial charge in [0.25, 0.3) is 0 Å². The van der Waals surface area contributed by atoms with Crippen molar-refractivity contribution in [2.75, 3.05) is 0 Å². The number of hydrogen-bond donors (Lipinski definition) is 1. The Bertz CT molecular complexity index is 85.6. The van der Waals surface area contributed by atoms with Crippen LogP contribution in [-0.2, 0) is 0 Å². The van der Waals surface area contributed by atoms with Gasteiger partial charge in [-0.05, 0) is 12.8 Å². The van der Waals surface area contributed by atoms with Crippen molar-refractivity contribution in [2.45, 2.75) is 58.2 Å². The summed E-state index contributed by atoms with van der Waals surface area (Å²) in [6.45, 7) is 3.89. The lowest BCUT2D eigenvalue weighted by Gasteiger charge is -2.12. The summed E-state index contributed by atoms with van der Waals surface area (Å²) in [5, 5.41) is 9.05. The van der Waals surface area contributed by atoms with Gasteiger partial charge in [-0.3, -0.25) is 0 Å². The van der Waals surface area contributed by atoms with Gasteiger partial charge in [-0.1, -0.05) is 33.1 Å². The van der Waals surface area contributed by atoms with Gasteiger partial charge in [0, 0.05) is 0 Å².